The summed E-state index contributed by atoms with van der Waals surface area (Å²) in [6.45, 7) is 5.81. The lowest BCUT2D eigenvalue weighted by atomic mass is 10.0. The van der Waals surface area contributed by atoms with Crippen molar-refractivity contribution in [1.29, 1.82) is 0 Å². The molecule has 1 rings (SSSR count). The molecule has 0 spiro atoms. The Bertz CT molecular complexity index is 362. The van der Waals surface area contributed by atoms with Gasteiger partial charge in [0.05, 0.1) is 6.10 Å². The van der Waals surface area contributed by atoms with Gasteiger partial charge in [-0.1, -0.05) is 62.3 Å². The normalized spacial score (nSPS) is 12.8. The van der Waals surface area contributed by atoms with Crippen LogP contribution in [-0.4, -0.2) is 5.11 Å². The molecule has 1 nitrogen and oxygen atoms in total. The lowest BCUT2D eigenvalue weighted by molar-refractivity contribution is 0.229. The summed E-state index contributed by atoms with van der Waals surface area (Å²) in [7, 11) is 0. The van der Waals surface area contributed by atoms with Crippen molar-refractivity contribution < 1.29 is 5.11 Å². The third-order valence-electron chi connectivity index (χ3n) is 3.04. The number of benzene rings is 1. The van der Waals surface area contributed by atoms with Crippen LogP contribution >= 0.6 is 0 Å². The van der Waals surface area contributed by atoms with Gasteiger partial charge in [0.25, 0.3) is 0 Å². The molecule has 0 aliphatic heterocycles. The maximum Gasteiger partial charge on any atom is 0.0969 e. The molecule has 0 saturated heterocycles. The number of rotatable bonds is 8. The second kappa shape index (κ2) is 8.71. The summed E-state index contributed by atoms with van der Waals surface area (Å²) in [4.78, 5) is 0. The molecule has 1 N–H and O–H groups in total. The Kier molecular flexibility index (Phi) is 7.12. The average Bonchev–Trinajstić information content (AvgIpc) is 2.42. The van der Waals surface area contributed by atoms with Crippen molar-refractivity contribution in [2.45, 2.75) is 45.1 Å². The summed E-state index contributed by atoms with van der Waals surface area (Å²) in [5.41, 5.74) is 2.18. The number of aliphatic hydroxyl groups excluding tert-OH is 1. The molecule has 1 unspecified atom stereocenters. The van der Waals surface area contributed by atoms with Gasteiger partial charge in [0.2, 0.25) is 0 Å². The molecule has 1 atom stereocenters. The molecule has 0 fully saturated rings. The van der Waals surface area contributed by atoms with Gasteiger partial charge in [-0.05, 0) is 30.4 Å². The fraction of sp³-hybridized carbons (Fsp3) is 0.412. The third kappa shape index (κ3) is 5.33. The molecule has 0 amide bonds. The van der Waals surface area contributed by atoms with Crippen LogP contribution in [0.25, 0.3) is 0 Å². The number of hydrogen-bond acceptors (Lipinski definition) is 1. The summed E-state index contributed by atoms with van der Waals surface area (Å²) < 4.78 is 0. The van der Waals surface area contributed by atoms with Gasteiger partial charge < -0.3 is 5.11 Å². The first kappa shape index (κ1) is 14.7. The second-order valence-corrected chi connectivity index (χ2v) is 4.59. The van der Waals surface area contributed by atoms with E-state index in [1.807, 2.05) is 12.1 Å². The highest BCUT2D eigenvalue weighted by atomic mass is 16.3. The fourth-order valence-corrected chi connectivity index (χ4v) is 1.84. The zero-order valence-corrected chi connectivity index (χ0v) is 11.3. The van der Waals surface area contributed by atoms with Gasteiger partial charge in [0.1, 0.15) is 0 Å². The maximum absolute atomic E-state index is 9.58. The number of allylic oxidation sites excluding steroid dienone is 2. The van der Waals surface area contributed by atoms with E-state index in [9.17, 15) is 5.11 Å². The van der Waals surface area contributed by atoms with Crippen LogP contribution in [0.1, 0.15) is 49.8 Å². The first-order chi connectivity index (χ1) is 8.77. The standard InChI is InChI=1S/C17H24O/c1-3-5-6-7-8-9-10-15-11-13-16(14-12-15)17(18)4-2/h4,8-9,11-14,17-18H,2-3,5-7,10H2,1H3. The number of unbranched alkanes of at least 4 members (excludes halogenated alkanes) is 3. The van der Waals surface area contributed by atoms with Crippen LogP contribution in [0.4, 0.5) is 0 Å². The van der Waals surface area contributed by atoms with Gasteiger partial charge in [-0.25, -0.2) is 0 Å². The van der Waals surface area contributed by atoms with E-state index in [1.54, 1.807) is 6.08 Å². The van der Waals surface area contributed by atoms with Gasteiger partial charge >= 0.3 is 0 Å². The molecule has 0 saturated carbocycles. The molecule has 0 radical (unpaired) electrons. The van der Waals surface area contributed by atoms with Crippen molar-refractivity contribution >= 4 is 0 Å². The van der Waals surface area contributed by atoms with E-state index in [2.05, 4.69) is 37.8 Å². The minimum absolute atomic E-state index is 0.552. The topological polar surface area (TPSA) is 20.2 Å². The van der Waals surface area contributed by atoms with Crippen molar-refractivity contribution in [2.75, 3.05) is 0 Å². The van der Waals surface area contributed by atoms with Gasteiger partial charge in [0.15, 0.2) is 0 Å². The molecule has 0 heterocycles. The second-order valence-electron chi connectivity index (χ2n) is 4.59. The van der Waals surface area contributed by atoms with Crippen LogP contribution in [0, 0.1) is 0 Å². The van der Waals surface area contributed by atoms with Crippen molar-refractivity contribution in [3.63, 3.8) is 0 Å². The molecule has 0 bridgehead atoms. The maximum atomic E-state index is 9.58. The van der Waals surface area contributed by atoms with E-state index < -0.39 is 6.10 Å². The molecule has 0 aliphatic rings. The quantitative estimate of drug-likeness (QED) is 0.524. The largest absolute Gasteiger partial charge is 0.384 e. The molecule has 0 aromatic heterocycles. The van der Waals surface area contributed by atoms with Crippen molar-refractivity contribution in [2.24, 2.45) is 0 Å². The Balaban J connectivity index is 2.37. The molecule has 1 aromatic carbocycles. The highest BCUT2D eigenvalue weighted by Crippen LogP contribution is 2.14. The van der Waals surface area contributed by atoms with Crippen LogP contribution in [-0.2, 0) is 6.42 Å². The van der Waals surface area contributed by atoms with E-state index in [-0.39, 0.29) is 0 Å². The SMILES string of the molecule is C=CC(O)c1ccc(CC=CCCCCC)cc1. The van der Waals surface area contributed by atoms with E-state index in [1.165, 1.54) is 31.2 Å². The average molecular weight is 244 g/mol. The number of aliphatic hydroxyl groups is 1. The monoisotopic (exact) mass is 244 g/mol. The van der Waals surface area contributed by atoms with Gasteiger partial charge in [-0.15, -0.1) is 6.58 Å². The predicted octanol–water partition coefficient (Wildman–Crippen LogP) is 4.59. The summed E-state index contributed by atoms with van der Waals surface area (Å²) in [6, 6.07) is 8.07. The van der Waals surface area contributed by atoms with E-state index in [0.717, 1.165) is 12.0 Å². The molecule has 18 heavy (non-hydrogen) atoms. The molecule has 0 aliphatic carbocycles. The highest BCUT2D eigenvalue weighted by molar-refractivity contribution is 5.27. The molecule has 98 valence electrons. The molecular weight excluding hydrogens is 220 g/mol. The Labute approximate surface area is 111 Å². The summed E-state index contributed by atoms with van der Waals surface area (Å²) >= 11 is 0. The van der Waals surface area contributed by atoms with Gasteiger partial charge in [-0.3, -0.25) is 0 Å². The van der Waals surface area contributed by atoms with E-state index in [0.29, 0.717) is 0 Å². The Morgan fingerprint density at radius 1 is 1.17 bits per heavy atom. The highest BCUT2D eigenvalue weighted by Gasteiger charge is 2.01. The number of hydrogen-bond donors (Lipinski definition) is 1. The van der Waals surface area contributed by atoms with E-state index >= 15 is 0 Å². The molecular formula is C17H24O. The zero-order valence-electron chi connectivity index (χ0n) is 11.3. The van der Waals surface area contributed by atoms with Crippen LogP contribution in [0.3, 0.4) is 0 Å². The van der Waals surface area contributed by atoms with Crippen molar-refractivity contribution in [3.05, 3.63) is 60.2 Å². The smallest absolute Gasteiger partial charge is 0.0969 e. The van der Waals surface area contributed by atoms with E-state index in [4.69, 9.17) is 0 Å². The fourth-order valence-electron chi connectivity index (χ4n) is 1.84. The lowest BCUT2D eigenvalue weighted by Gasteiger charge is -2.05. The van der Waals surface area contributed by atoms with Crippen molar-refractivity contribution in [1.82, 2.24) is 0 Å². The Hall–Kier alpha value is -1.34. The predicted molar refractivity (Wildman–Crippen MR) is 78.6 cm³/mol. The summed E-state index contributed by atoms with van der Waals surface area (Å²) in [6.07, 6.45) is 11.5. The van der Waals surface area contributed by atoms with Gasteiger partial charge in [0, 0.05) is 0 Å². The van der Waals surface area contributed by atoms with Crippen LogP contribution in [0.2, 0.25) is 0 Å². The summed E-state index contributed by atoms with van der Waals surface area (Å²) in [5.74, 6) is 0. The van der Waals surface area contributed by atoms with Crippen molar-refractivity contribution in [3.8, 4) is 0 Å². The third-order valence-corrected chi connectivity index (χ3v) is 3.04. The molecule has 1 aromatic rings. The van der Waals surface area contributed by atoms with Crippen LogP contribution in [0.15, 0.2) is 49.1 Å². The summed E-state index contributed by atoms with van der Waals surface area (Å²) in [5, 5.41) is 9.58. The Morgan fingerprint density at radius 2 is 1.89 bits per heavy atom. The van der Waals surface area contributed by atoms with Crippen LogP contribution < -0.4 is 0 Å². The Morgan fingerprint density at radius 3 is 2.50 bits per heavy atom. The minimum Gasteiger partial charge on any atom is -0.384 e. The zero-order chi connectivity index (χ0) is 13.2. The van der Waals surface area contributed by atoms with Crippen LogP contribution in [0.5, 0.6) is 0 Å². The lowest BCUT2D eigenvalue weighted by Crippen LogP contribution is -1.92. The molecule has 1 heteroatoms. The van der Waals surface area contributed by atoms with Gasteiger partial charge in [-0.2, -0.15) is 0 Å². The first-order valence-electron chi connectivity index (χ1n) is 6.82. The minimum atomic E-state index is -0.552. The first-order valence-corrected chi connectivity index (χ1v) is 6.82.